The van der Waals surface area contributed by atoms with E-state index in [0.717, 1.165) is 13.0 Å². The van der Waals surface area contributed by atoms with Gasteiger partial charge in [-0.2, -0.15) is 0 Å². The van der Waals surface area contributed by atoms with Crippen molar-refractivity contribution in [1.82, 2.24) is 4.90 Å². The van der Waals surface area contributed by atoms with Gasteiger partial charge >= 0.3 is 0 Å². The summed E-state index contributed by atoms with van der Waals surface area (Å²) < 4.78 is 0. The molecule has 12 heavy (non-hydrogen) atoms. The molecule has 4 heteroatoms. The highest BCUT2D eigenvalue weighted by molar-refractivity contribution is 4.90. The first-order valence-corrected chi connectivity index (χ1v) is 4.63. The van der Waals surface area contributed by atoms with Crippen LogP contribution < -0.4 is 0 Å². The first kappa shape index (κ1) is 7.98. The van der Waals surface area contributed by atoms with E-state index in [9.17, 15) is 10.1 Å². The van der Waals surface area contributed by atoms with E-state index >= 15 is 0 Å². The highest BCUT2D eigenvalue weighted by Gasteiger charge is 2.39. The lowest BCUT2D eigenvalue weighted by Gasteiger charge is -2.16. The van der Waals surface area contributed by atoms with Crippen LogP contribution >= 0.6 is 0 Å². The number of hydrogen-bond donors (Lipinski definition) is 0. The van der Waals surface area contributed by atoms with Crippen molar-refractivity contribution in [2.75, 3.05) is 19.6 Å². The van der Waals surface area contributed by atoms with Gasteiger partial charge in [0, 0.05) is 16.9 Å². The van der Waals surface area contributed by atoms with Crippen LogP contribution in [0.5, 0.6) is 0 Å². The lowest BCUT2D eigenvalue weighted by Crippen LogP contribution is -2.29. The van der Waals surface area contributed by atoms with E-state index in [-0.39, 0.29) is 11.5 Å². The molecule has 68 valence electrons. The topological polar surface area (TPSA) is 46.4 Å². The van der Waals surface area contributed by atoms with Crippen molar-refractivity contribution in [3.05, 3.63) is 10.1 Å². The molecule has 2 rings (SSSR count). The number of nitrogens with zero attached hydrogens (tertiary/aromatic N) is 2. The van der Waals surface area contributed by atoms with Crippen molar-refractivity contribution in [2.24, 2.45) is 5.92 Å². The average Bonchev–Trinajstić information content (AvgIpc) is 2.52. The monoisotopic (exact) mass is 170 g/mol. The van der Waals surface area contributed by atoms with Gasteiger partial charge in [-0.05, 0) is 32.4 Å². The summed E-state index contributed by atoms with van der Waals surface area (Å²) in [6.07, 6.45) is 3.45. The predicted octanol–water partition coefficient (Wildman–Crippen LogP) is 0.747. The minimum Gasteiger partial charge on any atom is -0.300 e. The molecule has 4 nitrogen and oxygen atoms in total. The second-order valence-electron chi connectivity index (χ2n) is 3.81. The molecule has 2 unspecified atom stereocenters. The van der Waals surface area contributed by atoms with E-state index in [1.165, 1.54) is 19.4 Å². The van der Waals surface area contributed by atoms with Gasteiger partial charge in [0.25, 0.3) is 0 Å². The summed E-state index contributed by atoms with van der Waals surface area (Å²) in [4.78, 5) is 12.6. The Balaban J connectivity index is 1.95. The molecular weight excluding hydrogens is 156 g/mol. The van der Waals surface area contributed by atoms with Crippen LogP contribution in [0.1, 0.15) is 19.3 Å². The van der Waals surface area contributed by atoms with Crippen molar-refractivity contribution >= 4 is 0 Å². The molecule has 2 saturated heterocycles. The molecule has 2 aliphatic rings. The summed E-state index contributed by atoms with van der Waals surface area (Å²) >= 11 is 0. The summed E-state index contributed by atoms with van der Waals surface area (Å²) in [5.74, 6) is 0.336. The second kappa shape index (κ2) is 3.01. The minimum absolute atomic E-state index is 0.160. The Bertz CT molecular complexity index is 195. The predicted molar refractivity (Wildman–Crippen MR) is 44.6 cm³/mol. The van der Waals surface area contributed by atoms with Crippen LogP contribution in [0.2, 0.25) is 0 Å². The van der Waals surface area contributed by atoms with Crippen molar-refractivity contribution in [1.29, 1.82) is 0 Å². The molecule has 0 aromatic rings. The van der Waals surface area contributed by atoms with Crippen LogP contribution in [-0.2, 0) is 0 Å². The molecule has 0 spiro atoms. The fourth-order valence-corrected chi connectivity index (χ4v) is 2.59. The number of hydrogen-bond acceptors (Lipinski definition) is 3. The fraction of sp³-hybridized carbons (Fsp3) is 1.00. The molecule has 2 aliphatic heterocycles. The Morgan fingerprint density at radius 2 is 2.25 bits per heavy atom. The largest absolute Gasteiger partial charge is 0.300 e. The molecule has 0 saturated carbocycles. The number of nitro groups is 1. The van der Waals surface area contributed by atoms with Crippen LogP contribution in [-0.4, -0.2) is 35.5 Å². The molecule has 2 atom stereocenters. The number of fused-ring (bicyclic) bond motifs is 1. The quantitative estimate of drug-likeness (QED) is 0.453. The van der Waals surface area contributed by atoms with E-state index in [4.69, 9.17) is 0 Å². The van der Waals surface area contributed by atoms with E-state index < -0.39 is 0 Å². The third-order valence-corrected chi connectivity index (χ3v) is 3.13. The molecule has 0 aromatic carbocycles. The molecule has 2 fully saturated rings. The van der Waals surface area contributed by atoms with Crippen molar-refractivity contribution in [3.8, 4) is 0 Å². The van der Waals surface area contributed by atoms with Gasteiger partial charge in [-0.1, -0.05) is 0 Å². The minimum atomic E-state index is -0.160. The standard InChI is InChI=1S/C8H14N2O2/c11-10(12)6-7-3-5-9-4-1-2-8(7)9/h7-8H,1-6H2. The van der Waals surface area contributed by atoms with Gasteiger partial charge in [-0.3, -0.25) is 15.0 Å². The summed E-state index contributed by atoms with van der Waals surface area (Å²) in [5.41, 5.74) is 0. The van der Waals surface area contributed by atoms with Gasteiger partial charge in [0.1, 0.15) is 0 Å². The third kappa shape index (κ3) is 1.31. The lowest BCUT2D eigenvalue weighted by atomic mass is 9.99. The van der Waals surface area contributed by atoms with E-state index in [1.807, 2.05) is 0 Å². The summed E-state index contributed by atoms with van der Waals surface area (Å²) in [7, 11) is 0. The van der Waals surface area contributed by atoms with E-state index in [1.54, 1.807) is 0 Å². The van der Waals surface area contributed by atoms with Crippen molar-refractivity contribution in [2.45, 2.75) is 25.3 Å². The highest BCUT2D eigenvalue weighted by atomic mass is 16.6. The van der Waals surface area contributed by atoms with Crippen LogP contribution in [0.4, 0.5) is 0 Å². The maximum absolute atomic E-state index is 10.3. The van der Waals surface area contributed by atoms with Crippen LogP contribution in [0, 0.1) is 16.0 Å². The van der Waals surface area contributed by atoms with Gasteiger partial charge in [0.05, 0.1) is 0 Å². The summed E-state index contributed by atoms with van der Waals surface area (Å²) in [6.45, 7) is 2.43. The van der Waals surface area contributed by atoms with E-state index in [2.05, 4.69) is 4.90 Å². The Kier molecular flexibility index (Phi) is 2.00. The van der Waals surface area contributed by atoms with Crippen molar-refractivity contribution < 1.29 is 4.92 Å². The molecule has 0 aliphatic carbocycles. The lowest BCUT2D eigenvalue weighted by molar-refractivity contribution is -0.488. The van der Waals surface area contributed by atoms with Gasteiger partial charge in [0.2, 0.25) is 6.54 Å². The van der Waals surface area contributed by atoms with Gasteiger partial charge < -0.3 is 0 Å². The summed E-state index contributed by atoms with van der Waals surface area (Å²) in [6, 6.07) is 0.537. The Morgan fingerprint density at radius 1 is 1.42 bits per heavy atom. The molecule has 0 N–H and O–H groups in total. The van der Waals surface area contributed by atoms with Crippen LogP contribution in [0.25, 0.3) is 0 Å². The normalized spacial score (nSPS) is 35.3. The highest BCUT2D eigenvalue weighted by Crippen LogP contribution is 2.32. The smallest absolute Gasteiger partial charge is 0.208 e. The zero-order valence-electron chi connectivity index (χ0n) is 7.11. The van der Waals surface area contributed by atoms with Gasteiger partial charge in [-0.25, -0.2) is 0 Å². The fourth-order valence-electron chi connectivity index (χ4n) is 2.59. The molecular formula is C8H14N2O2. The molecule has 0 bridgehead atoms. The molecule has 0 aromatic heterocycles. The van der Waals surface area contributed by atoms with E-state index in [0.29, 0.717) is 12.0 Å². The first-order valence-electron chi connectivity index (χ1n) is 4.63. The Hall–Kier alpha value is -0.640. The Morgan fingerprint density at radius 3 is 3.00 bits per heavy atom. The zero-order valence-corrected chi connectivity index (χ0v) is 7.11. The second-order valence-corrected chi connectivity index (χ2v) is 3.81. The van der Waals surface area contributed by atoms with Crippen LogP contribution in [0.15, 0.2) is 0 Å². The van der Waals surface area contributed by atoms with Crippen molar-refractivity contribution in [3.63, 3.8) is 0 Å². The first-order chi connectivity index (χ1) is 5.77. The van der Waals surface area contributed by atoms with Crippen LogP contribution in [0.3, 0.4) is 0 Å². The summed E-state index contributed by atoms with van der Waals surface area (Å²) in [5, 5.41) is 10.3. The van der Waals surface area contributed by atoms with Gasteiger partial charge in [-0.15, -0.1) is 0 Å². The SMILES string of the molecule is O=[N+]([O-])CC1CCN2CCCC12. The maximum Gasteiger partial charge on any atom is 0.208 e. The third-order valence-electron chi connectivity index (χ3n) is 3.13. The maximum atomic E-state index is 10.3. The zero-order chi connectivity index (χ0) is 8.55. The Labute approximate surface area is 71.7 Å². The molecule has 2 heterocycles. The average molecular weight is 170 g/mol. The van der Waals surface area contributed by atoms with Gasteiger partial charge in [0.15, 0.2) is 0 Å². The number of rotatable bonds is 2. The molecule has 0 radical (unpaired) electrons. The molecule has 0 amide bonds.